The van der Waals surface area contributed by atoms with Gasteiger partial charge in [-0.05, 0) is 12.8 Å². The first-order valence-electron chi connectivity index (χ1n) is 7.87. The summed E-state index contributed by atoms with van der Waals surface area (Å²) in [6.07, 6.45) is 7.41. The number of hydrogen-bond acceptors (Lipinski definition) is 3. The highest BCUT2D eigenvalue weighted by atomic mass is 32.2. The maximum Gasteiger partial charge on any atom is 0.264 e. The van der Waals surface area contributed by atoms with Crippen LogP contribution in [0.5, 0.6) is 0 Å². The molecule has 0 saturated heterocycles. The lowest BCUT2D eigenvalue weighted by molar-refractivity contribution is 0.133. The molecule has 0 saturated carbocycles. The van der Waals surface area contributed by atoms with E-state index in [1.54, 1.807) is 6.08 Å². The molecule has 0 spiro atoms. The lowest BCUT2D eigenvalue weighted by Gasteiger charge is -2.02. The molecule has 0 rings (SSSR count). The van der Waals surface area contributed by atoms with Gasteiger partial charge in [-0.25, -0.2) is 8.78 Å². The standard InChI is InChI=1S/C12H24F2O3S.C3H7N/c13-12(14)10-8-6-4-2-1-3-5-7-9-11-18(15,16)17;1-2-3-4/h12H,1-11H2,(H,15,16,17);2H,1,3-4H2. The molecule has 0 aliphatic carbocycles. The van der Waals surface area contributed by atoms with E-state index < -0.39 is 16.5 Å². The van der Waals surface area contributed by atoms with Crippen molar-refractivity contribution >= 4 is 10.1 Å². The molecule has 0 aliphatic rings. The van der Waals surface area contributed by atoms with Crippen molar-refractivity contribution < 1.29 is 21.8 Å². The fraction of sp³-hybridized carbons (Fsp3) is 0.867. The van der Waals surface area contributed by atoms with Crippen molar-refractivity contribution in [2.24, 2.45) is 5.73 Å². The van der Waals surface area contributed by atoms with E-state index in [9.17, 15) is 17.2 Å². The number of unbranched alkanes of at least 4 members (excludes halogenated alkanes) is 8. The van der Waals surface area contributed by atoms with Crippen molar-refractivity contribution in [2.45, 2.75) is 70.6 Å². The molecule has 22 heavy (non-hydrogen) atoms. The topological polar surface area (TPSA) is 80.4 Å². The Labute approximate surface area is 133 Å². The van der Waals surface area contributed by atoms with Crippen LogP contribution in [0.4, 0.5) is 8.78 Å². The Morgan fingerprint density at radius 2 is 1.32 bits per heavy atom. The summed E-state index contributed by atoms with van der Waals surface area (Å²) in [7, 11) is -3.80. The van der Waals surface area contributed by atoms with E-state index in [4.69, 9.17) is 10.3 Å². The number of alkyl halides is 2. The predicted molar refractivity (Wildman–Crippen MR) is 87.8 cm³/mol. The molecule has 7 heteroatoms. The van der Waals surface area contributed by atoms with Crippen molar-refractivity contribution in [1.29, 1.82) is 0 Å². The van der Waals surface area contributed by atoms with Crippen molar-refractivity contribution in [1.82, 2.24) is 0 Å². The van der Waals surface area contributed by atoms with Crippen LogP contribution in [0.25, 0.3) is 0 Å². The molecular weight excluding hydrogens is 312 g/mol. The fourth-order valence-corrected chi connectivity index (χ4v) is 2.39. The van der Waals surface area contributed by atoms with Crippen LogP contribution < -0.4 is 5.73 Å². The predicted octanol–water partition coefficient (Wildman–Crippen LogP) is 4.17. The van der Waals surface area contributed by atoms with E-state index in [2.05, 4.69) is 6.58 Å². The van der Waals surface area contributed by atoms with E-state index in [-0.39, 0.29) is 12.2 Å². The highest BCUT2D eigenvalue weighted by Gasteiger charge is 2.03. The van der Waals surface area contributed by atoms with Crippen LogP contribution in [0.2, 0.25) is 0 Å². The minimum atomic E-state index is -3.80. The molecule has 0 amide bonds. The van der Waals surface area contributed by atoms with Gasteiger partial charge >= 0.3 is 0 Å². The van der Waals surface area contributed by atoms with Crippen molar-refractivity contribution in [3.8, 4) is 0 Å². The van der Waals surface area contributed by atoms with Gasteiger partial charge in [-0.2, -0.15) is 8.42 Å². The second-order valence-electron chi connectivity index (χ2n) is 5.17. The average molecular weight is 343 g/mol. The van der Waals surface area contributed by atoms with Gasteiger partial charge in [-0.15, -0.1) is 6.58 Å². The molecule has 0 bridgehead atoms. The fourth-order valence-electron chi connectivity index (χ4n) is 1.82. The smallest absolute Gasteiger partial charge is 0.264 e. The second kappa shape index (κ2) is 16.8. The van der Waals surface area contributed by atoms with Gasteiger partial charge in [0, 0.05) is 13.0 Å². The van der Waals surface area contributed by atoms with Gasteiger partial charge in [0.25, 0.3) is 10.1 Å². The third-order valence-electron chi connectivity index (χ3n) is 2.99. The zero-order valence-corrected chi connectivity index (χ0v) is 14.2. The minimum Gasteiger partial charge on any atom is -0.327 e. The Morgan fingerprint density at radius 3 is 1.64 bits per heavy atom. The van der Waals surface area contributed by atoms with Crippen LogP contribution in [0.1, 0.15) is 64.2 Å². The zero-order chi connectivity index (χ0) is 17.3. The molecule has 0 aliphatic heterocycles. The molecule has 0 aromatic carbocycles. The minimum absolute atomic E-state index is 0.00956. The molecule has 0 fully saturated rings. The van der Waals surface area contributed by atoms with Crippen LogP contribution in [-0.2, 0) is 10.1 Å². The van der Waals surface area contributed by atoms with E-state index in [0.717, 1.165) is 44.9 Å². The molecule has 4 nitrogen and oxygen atoms in total. The van der Waals surface area contributed by atoms with Crippen molar-refractivity contribution in [3.05, 3.63) is 12.7 Å². The largest absolute Gasteiger partial charge is 0.327 e. The van der Waals surface area contributed by atoms with Crippen LogP contribution in [0.3, 0.4) is 0 Å². The Kier molecular flexibility index (Phi) is 18.2. The Morgan fingerprint density at radius 1 is 0.955 bits per heavy atom. The van der Waals surface area contributed by atoms with Crippen molar-refractivity contribution in [2.75, 3.05) is 12.3 Å². The second-order valence-corrected chi connectivity index (χ2v) is 6.74. The molecule has 0 heterocycles. The number of halogens is 2. The third-order valence-corrected chi connectivity index (χ3v) is 3.80. The SMILES string of the molecule is C=CCN.O=S(=O)(O)CCCCCCCCCCCC(F)F. The first-order valence-corrected chi connectivity index (χ1v) is 9.48. The summed E-state index contributed by atoms with van der Waals surface area (Å²) in [6.45, 7) is 3.94. The quantitative estimate of drug-likeness (QED) is 0.299. The maximum absolute atomic E-state index is 11.8. The Balaban J connectivity index is 0. The van der Waals surface area contributed by atoms with Crippen LogP contribution >= 0.6 is 0 Å². The number of nitrogens with two attached hydrogens (primary N) is 1. The molecular formula is C15H31F2NO3S. The van der Waals surface area contributed by atoms with Crippen molar-refractivity contribution in [3.63, 3.8) is 0 Å². The van der Waals surface area contributed by atoms with Crippen LogP contribution in [-0.4, -0.2) is 31.7 Å². The van der Waals surface area contributed by atoms with Gasteiger partial charge in [0.05, 0.1) is 5.75 Å². The monoisotopic (exact) mass is 343 g/mol. The van der Waals surface area contributed by atoms with Gasteiger partial charge < -0.3 is 5.73 Å². The normalized spacial score (nSPS) is 11.1. The van der Waals surface area contributed by atoms with Crippen LogP contribution in [0, 0.1) is 0 Å². The molecule has 0 unspecified atom stereocenters. The molecule has 3 N–H and O–H groups in total. The third kappa shape index (κ3) is 27.8. The highest BCUT2D eigenvalue weighted by Crippen LogP contribution is 2.12. The lowest BCUT2D eigenvalue weighted by atomic mass is 10.1. The zero-order valence-electron chi connectivity index (χ0n) is 13.4. The highest BCUT2D eigenvalue weighted by molar-refractivity contribution is 7.85. The Bertz CT molecular complexity index is 336. The number of rotatable bonds is 13. The van der Waals surface area contributed by atoms with Crippen LogP contribution in [0.15, 0.2) is 12.7 Å². The summed E-state index contributed by atoms with van der Waals surface area (Å²) in [5.74, 6) is -0.152. The number of hydrogen-bond donors (Lipinski definition) is 2. The van der Waals surface area contributed by atoms with E-state index in [1.165, 1.54) is 0 Å². The maximum atomic E-state index is 11.8. The summed E-state index contributed by atoms with van der Waals surface area (Å²) in [5, 5.41) is 0. The Hall–Kier alpha value is -0.530. The van der Waals surface area contributed by atoms with E-state index >= 15 is 0 Å². The molecule has 134 valence electrons. The summed E-state index contributed by atoms with van der Waals surface area (Å²) < 4.78 is 52.9. The summed E-state index contributed by atoms with van der Waals surface area (Å²) in [5.41, 5.74) is 4.91. The molecule has 0 aromatic rings. The lowest BCUT2D eigenvalue weighted by Crippen LogP contribution is -2.03. The summed E-state index contributed by atoms with van der Waals surface area (Å²) in [4.78, 5) is 0. The summed E-state index contributed by atoms with van der Waals surface area (Å²) in [6, 6.07) is 0. The summed E-state index contributed by atoms with van der Waals surface area (Å²) >= 11 is 0. The molecule has 0 aromatic heterocycles. The van der Waals surface area contributed by atoms with Gasteiger partial charge in [-0.3, -0.25) is 4.55 Å². The van der Waals surface area contributed by atoms with Gasteiger partial charge in [-0.1, -0.05) is 51.0 Å². The first kappa shape index (κ1) is 23.7. The molecule has 0 radical (unpaired) electrons. The van der Waals surface area contributed by atoms with E-state index in [1.807, 2.05) is 0 Å². The van der Waals surface area contributed by atoms with Gasteiger partial charge in [0.2, 0.25) is 6.43 Å². The van der Waals surface area contributed by atoms with Gasteiger partial charge in [0.15, 0.2) is 0 Å². The van der Waals surface area contributed by atoms with E-state index in [0.29, 0.717) is 19.4 Å². The average Bonchev–Trinajstić information content (AvgIpc) is 2.43. The van der Waals surface area contributed by atoms with Gasteiger partial charge in [0.1, 0.15) is 0 Å². The first-order chi connectivity index (χ1) is 10.3. The molecule has 0 atom stereocenters.